The molecule has 0 aliphatic rings. The van der Waals surface area contributed by atoms with Crippen LogP contribution in [-0.4, -0.2) is 5.12 Å². The van der Waals surface area contributed by atoms with Crippen LogP contribution >= 0.6 is 12.6 Å². The zero-order valence-electron chi connectivity index (χ0n) is 9.10. The van der Waals surface area contributed by atoms with Gasteiger partial charge in [0.05, 0.1) is 0 Å². The Balaban J connectivity index is 3.78. The largest absolute Gasteiger partial charge is 0.287 e. The van der Waals surface area contributed by atoms with E-state index in [-0.39, 0.29) is 10.5 Å². The third kappa shape index (κ3) is 4.70. The van der Waals surface area contributed by atoms with Crippen LogP contribution in [0.25, 0.3) is 0 Å². The van der Waals surface area contributed by atoms with E-state index in [1.807, 2.05) is 6.92 Å². The molecule has 13 heavy (non-hydrogen) atoms. The van der Waals surface area contributed by atoms with E-state index in [9.17, 15) is 4.79 Å². The predicted molar refractivity (Wildman–Crippen MR) is 61.2 cm³/mol. The van der Waals surface area contributed by atoms with Crippen molar-refractivity contribution < 1.29 is 4.79 Å². The van der Waals surface area contributed by atoms with E-state index >= 15 is 0 Å². The Bertz CT molecular complexity index is 156. The molecule has 0 rings (SSSR count). The van der Waals surface area contributed by atoms with E-state index in [0.717, 1.165) is 19.3 Å². The molecule has 2 heteroatoms. The standard InChI is InChI=1S/C11H22OS/c1-4-6-7-8-9-11(3,5-2)10(12)13/h4-9H2,1-3H3,(H,12,13). The lowest BCUT2D eigenvalue weighted by molar-refractivity contribution is -0.119. The van der Waals surface area contributed by atoms with Crippen molar-refractivity contribution in [3.8, 4) is 0 Å². The Kier molecular flexibility index (Phi) is 6.48. The smallest absolute Gasteiger partial charge is 0.191 e. The molecule has 0 fully saturated rings. The van der Waals surface area contributed by atoms with Gasteiger partial charge in [0.1, 0.15) is 0 Å². The van der Waals surface area contributed by atoms with Crippen LogP contribution in [0.15, 0.2) is 0 Å². The van der Waals surface area contributed by atoms with Gasteiger partial charge in [0.2, 0.25) is 0 Å². The van der Waals surface area contributed by atoms with E-state index in [1.165, 1.54) is 19.3 Å². The van der Waals surface area contributed by atoms with Gasteiger partial charge in [0.15, 0.2) is 5.12 Å². The van der Waals surface area contributed by atoms with E-state index in [4.69, 9.17) is 0 Å². The SMILES string of the molecule is CCCCCCC(C)(CC)C(=O)S. The molecule has 0 aliphatic carbocycles. The summed E-state index contributed by atoms with van der Waals surface area (Å²) >= 11 is 3.94. The highest BCUT2D eigenvalue weighted by Gasteiger charge is 2.27. The van der Waals surface area contributed by atoms with Gasteiger partial charge in [0, 0.05) is 5.41 Å². The molecule has 0 radical (unpaired) electrons. The fourth-order valence-corrected chi connectivity index (χ4v) is 1.65. The van der Waals surface area contributed by atoms with E-state index < -0.39 is 0 Å². The first-order chi connectivity index (χ1) is 6.06. The molecule has 0 saturated heterocycles. The van der Waals surface area contributed by atoms with Crippen molar-refractivity contribution in [3.05, 3.63) is 0 Å². The van der Waals surface area contributed by atoms with Crippen molar-refractivity contribution in [2.75, 3.05) is 0 Å². The number of carbonyl (C=O) groups excluding carboxylic acids is 1. The lowest BCUT2D eigenvalue weighted by Gasteiger charge is -2.23. The molecular formula is C11H22OS. The molecule has 0 heterocycles. The van der Waals surface area contributed by atoms with Gasteiger partial charge in [-0.05, 0) is 12.8 Å². The quantitative estimate of drug-likeness (QED) is 0.490. The van der Waals surface area contributed by atoms with Gasteiger partial charge in [-0.1, -0.05) is 46.5 Å². The summed E-state index contributed by atoms with van der Waals surface area (Å²) in [5.41, 5.74) is -0.184. The first-order valence-electron chi connectivity index (χ1n) is 5.30. The van der Waals surface area contributed by atoms with Crippen molar-refractivity contribution in [1.82, 2.24) is 0 Å². The van der Waals surface area contributed by atoms with Crippen LogP contribution < -0.4 is 0 Å². The van der Waals surface area contributed by atoms with Crippen LogP contribution in [0.1, 0.15) is 59.3 Å². The zero-order chi connectivity index (χ0) is 10.3. The Morgan fingerprint density at radius 1 is 1.23 bits per heavy atom. The number of unbranched alkanes of at least 4 members (excludes halogenated alkanes) is 3. The number of rotatable bonds is 7. The maximum absolute atomic E-state index is 11.2. The molecule has 0 spiro atoms. The van der Waals surface area contributed by atoms with Crippen LogP contribution in [0.3, 0.4) is 0 Å². The van der Waals surface area contributed by atoms with Crippen molar-refractivity contribution in [1.29, 1.82) is 0 Å². The minimum Gasteiger partial charge on any atom is -0.287 e. The van der Waals surface area contributed by atoms with Crippen LogP contribution in [0, 0.1) is 5.41 Å². The number of hydrogen-bond donors (Lipinski definition) is 1. The van der Waals surface area contributed by atoms with Crippen molar-refractivity contribution >= 4 is 17.7 Å². The van der Waals surface area contributed by atoms with Gasteiger partial charge < -0.3 is 0 Å². The average molecular weight is 202 g/mol. The number of carbonyl (C=O) groups is 1. The summed E-state index contributed by atoms with van der Waals surface area (Å²) in [6.07, 6.45) is 6.82. The second-order valence-electron chi connectivity index (χ2n) is 4.03. The Morgan fingerprint density at radius 3 is 2.23 bits per heavy atom. The molecule has 0 aromatic heterocycles. The Labute approximate surface area is 87.7 Å². The summed E-state index contributed by atoms with van der Waals surface area (Å²) in [5.74, 6) is 0. The highest BCUT2D eigenvalue weighted by atomic mass is 32.1. The van der Waals surface area contributed by atoms with Gasteiger partial charge in [-0.15, -0.1) is 12.6 Å². The summed E-state index contributed by atoms with van der Waals surface area (Å²) in [5, 5.41) is 0.0477. The van der Waals surface area contributed by atoms with Gasteiger partial charge in [-0.25, -0.2) is 0 Å². The van der Waals surface area contributed by atoms with Crippen molar-refractivity contribution in [2.24, 2.45) is 5.41 Å². The summed E-state index contributed by atoms with van der Waals surface area (Å²) in [6.45, 7) is 6.28. The summed E-state index contributed by atoms with van der Waals surface area (Å²) in [6, 6.07) is 0. The predicted octanol–water partition coefficient (Wildman–Crippen LogP) is 3.83. The average Bonchev–Trinajstić information content (AvgIpc) is 2.12. The molecule has 1 unspecified atom stereocenters. The molecule has 0 aromatic rings. The van der Waals surface area contributed by atoms with Crippen molar-refractivity contribution in [2.45, 2.75) is 59.3 Å². The van der Waals surface area contributed by atoms with Crippen molar-refractivity contribution in [3.63, 3.8) is 0 Å². The monoisotopic (exact) mass is 202 g/mol. The third-order valence-electron chi connectivity index (χ3n) is 2.88. The first-order valence-corrected chi connectivity index (χ1v) is 5.75. The normalized spacial score (nSPS) is 15.4. The number of thiol groups is 1. The maximum Gasteiger partial charge on any atom is 0.191 e. The number of hydrogen-bond acceptors (Lipinski definition) is 1. The Morgan fingerprint density at radius 2 is 1.85 bits per heavy atom. The van der Waals surface area contributed by atoms with Crippen LogP contribution in [-0.2, 0) is 4.79 Å². The third-order valence-corrected chi connectivity index (χ3v) is 3.42. The van der Waals surface area contributed by atoms with Gasteiger partial charge in [0.25, 0.3) is 0 Å². The molecule has 0 aliphatic heterocycles. The second kappa shape index (κ2) is 6.47. The molecule has 78 valence electrons. The van der Waals surface area contributed by atoms with Gasteiger partial charge in [-0.2, -0.15) is 0 Å². The van der Waals surface area contributed by atoms with Crippen LogP contribution in [0.4, 0.5) is 0 Å². The van der Waals surface area contributed by atoms with E-state index in [2.05, 4.69) is 26.5 Å². The molecule has 1 nitrogen and oxygen atoms in total. The van der Waals surface area contributed by atoms with Crippen LogP contribution in [0.5, 0.6) is 0 Å². The second-order valence-corrected chi connectivity index (χ2v) is 4.44. The summed E-state index contributed by atoms with van der Waals surface area (Å²) < 4.78 is 0. The molecule has 0 saturated carbocycles. The molecule has 0 amide bonds. The fraction of sp³-hybridized carbons (Fsp3) is 0.909. The highest BCUT2D eigenvalue weighted by molar-refractivity contribution is 7.96. The minimum atomic E-state index is -0.184. The topological polar surface area (TPSA) is 17.1 Å². The van der Waals surface area contributed by atoms with Gasteiger partial charge in [-0.3, -0.25) is 4.79 Å². The zero-order valence-corrected chi connectivity index (χ0v) is 9.99. The summed E-state index contributed by atoms with van der Waals surface area (Å²) in [4.78, 5) is 11.2. The maximum atomic E-state index is 11.2. The summed E-state index contributed by atoms with van der Waals surface area (Å²) in [7, 11) is 0. The van der Waals surface area contributed by atoms with Gasteiger partial charge >= 0.3 is 0 Å². The molecule has 0 N–H and O–H groups in total. The molecule has 0 bridgehead atoms. The first kappa shape index (κ1) is 13.0. The fourth-order valence-electron chi connectivity index (χ4n) is 1.38. The van der Waals surface area contributed by atoms with Crippen LogP contribution in [0.2, 0.25) is 0 Å². The molecule has 1 atom stereocenters. The lowest BCUT2D eigenvalue weighted by Crippen LogP contribution is -2.22. The highest BCUT2D eigenvalue weighted by Crippen LogP contribution is 2.30. The lowest BCUT2D eigenvalue weighted by atomic mass is 9.83. The minimum absolute atomic E-state index is 0.0477. The van der Waals surface area contributed by atoms with E-state index in [0.29, 0.717) is 0 Å². The Hall–Kier alpha value is 0.0200. The van der Waals surface area contributed by atoms with E-state index in [1.54, 1.807) is 0 Å². The molecule has 0 aromatic carbocycles. The molecular weight excluding hydrogens is 180 g/mol.